The average molecular weight is 357 g/mol. The van der Waals surface area contributed by atoms with Crippen molar-refractivity contribution in [3.8, 4) is 0 Å². The number of piperazine rings is 1. The molecular formula is C13H20ClF3N4O2. The van der Waals surface area contributed by atoms with Gasteiger partial charge in [0.2, 0.25) is 0 Å². The Kier molecular flexibility index (Phi) is 6.84. The SMILES string of the molecule is Cc1noc(C)c1C(=O)NCC(N1CCNCC1)C(F)(F)F.Cl. The minimum atomic E-state index is -4.40. The quantitative estimate of drug-likeness (QED) is 0.850. The summed E-state index contributed by atoms with van der Waals surface area (Å²) in [5, 5.41) is 8.98. The van der Waals surface area contributed by atoms with Crippen molar-refractivity contribution in [2.24, 2.45) is 0 Å². The maximum atomic E-state index is 13.2. The van der Waals surface area contributed by atoms with E-state index in [9.17, 15) is 18.0 Å². The van der Waals surface area contributed by atoms with Crippen molar-refractivity contribution in [2.75, 3.05) is 32.7 Å². The summed E-state index contributed by atoms with van der Waals surface area (Å²) < 4.78 is 44.5. The zero-order valence-electron chi connectivity index (χ0n) is 12.9. The largest absolute Gasteiger partial charge is 0.405 e. The Morgan fingerprint density at radius 1 is 1.39 bits per heavy atom. The zero-order chi connectivity index (χ0) is 16.3. The van der Waals surface area contributed by atoms with Gasteiger partial charge in [-0.2, -0.15) is 13.2 Å². The van der Waals surface area contributed by atoms with Crippen LogP contribution in [0.2, 0.25) is 0 Å². The second kappa shape index (κ2) is 7.98. The van der Waals surface area contributed by atoms with Crippen molar-refractivity contribution >= 4 is 18.3 Å². The first kappa shape index (κ1) is 19.7. The van der Waals surface area contributed by atoms with E-state index in [2.05, 4.69) is 15.8 Å². The Morgan fingerprint density at radius 3 is 2.48 bits per heavy atom. The van der Waals surface area contributed by atoms with Crippen LogP contribution in [0.25, 0.3) is 0 Å². The number of rotatable bonds is 4. The van der Waals surface area contributed by atoms with E-state index in [-0.39, 0.29) is 18.0 Å². The predicted octanol–water partition coefficient (Wildman–Crippen LogP) is 1.28. The number of halogens is 4. The third kappa shape index (κ3) is 4.82. The second-order valence-corrected chi connectivity index (χ2v) is 5.25. The van der Waals surface area contributed by atoms with Crippen molar-refractivity contribution in [1.29, 1.82) is 0 Å². The summed E-state index contributed by atoms with van der Waals surface area (Å²) in [6.45, 7) is 4.23. The number of nitrogens with one attached hydrogen (secondary N) is 2. The molecule has 132 valence electrons. The minimum Gasteiger partial charge on any atom is -0.361 e. The van der Waals surface area contributed by atoms with Crippen molar-refractivity contribution in [1.82, 2.24) is 20.7 Å². The summed E-state index contributed by atoms with van der Waals surface area (Å²) in [6, 6.07) is -1.70. The van der Waals surface area contributed by atoms with Crippen molar-refractivity contribution < 1.29 is 22.5 Å². The van der Waals surface area contributed by atoms with E-state index in [0.29, 0.717) is 37.6 Å². The molecule has 1 unspecified atom stereocenters. The number of hydrogen-bond donors (Lipinski definition) is 2. The normalized spacial score (nSPS) is 17.4. The van der Waals surface area contributed by atoms with Gasteiger partial charge in [-0.15, -0.1) is 12.4 Å². The molecule has 1 atom stereocenters. The molecule has 1 amide bonds. The fraction of sp³-hybridized carbons (Fsp3) is 0.692. The number of carbonyl (C=O) groups excluding carboxylic acids is 1. The highest BCUT2D eigenvalue weighted by atomic mass is 35.5. The molecule has 0 spiro atoms. The third-order valence-electron chi connectivity index (χ3n) is 3.69. The molecule has 1 aromatic heterocycles. The molecule has 0 aromatic carbocycles. The van der Waals surface area contributed by atoms with Crippen LogP contribution in [0.1, 0.15) is 21.8 Å². The van der Waals surface area contributed by atoms with Crippen molar-refractivity contribution in [2.45, 2.75) is 26.1 Å². The first-order valence-corrected chi connectivity index (χ1v) is 7.03. The summed E-state index contributed by atoms with van der Waals surface area (Å²) in [4.78, 5) is 13.4. The number of aryl methyl sites for hydroxylation is 2. The molecule has 23 heavy (non-hydrogen) atoms. The molecule has 1 fully saturated rings. The van der Waals surface area contributed by atoms with Gasteiger partial charge < -0.3 is 15.2 Å². The van der Waals surface area contributed by atoms with Crippen LogP contribution >= 0.6 is 12.4 Å². The second-order valence-electron chi connectivity index (χ2n) is 5.25. The summed E-state index contributed by atoms with van der Waals surface area (Å²) in [5.41, 5.74) is 0.557. The molecular weight excluding hydrogens is 337 g/mol. The molecule has 0 saturated carbocycles. The van der Waals surface area contributed by atoms with E-state index in [1.807, 2.05) is 0 Å². The topological polar surface area (TPSA) is 70.4 Å². The Morgan fingerprint density at radius 2 is 2.00 bits per heavy atom. The summed E-state index contributed by atoms with van der Waals surface area (Å²) in [5.74, 6) is -0.304. The maximum absolute atomic E-state index is 13.2. The van der Waals surface area contributed by atoms with Gasteiger partial charge >= 0.3 is 6.18 Å². The first-order chi connectivity index (χ1) is 10.3. The van der Waals surface area contributed by atoms with Gasteiger partial charge in [0.05, 0.1) is 5.69 Å². The van der Waals surface area contributed by atoms with E-state index < -0.39 is 24.7 Å². The summed E-state index contributed by atoms with van der Waals surface area (Å²) in [7, 11) is 0. The summed E-state index contributed by atoms with van der Waals surface area (Å²) >= 11 is 0. The zero-order valence-corrected chi connectivity index (χ0v) is 13.7. The van der Waals surface area contributed by atoms with Crippen molar-refractivity contribution in [3.63, 3.8) is 0 Å². The monoisotopic (exact) mass is 356 g/mol. The van der Waals surface area contributed by atoms with Crippen LogP contribution in [0.5, 0.6) is 0 Å². The number of hydrogen-bond acceptors (Lipinski definition) is 5. The van der Waals surface area contributed by atoms with E-state index in [1.54, 1.807) is 13.8 Å². The molecule has 0 aliphatic carbocycles. The first-order valence-electron chi connectivity index (χ1n) is 7.03. The molecule has 0 radical (unpaired) electrons. The lowest BCUT2D eigenvalue weighted by Gasteiger charge is -2.35. The highest BCUT2D eigenvalue weighted by Gasteiger charge is 2.44. The van der Waals surface area contributed by atoms with E-state index in [4.69, 9.17) is 4.52 Å². The summed E-state index contributed by atoms with van der Waals surface area (Å²) in [6.07, 6.45) is -4.40. The van der Waals surface area contributed by atoms with Crippen LogP contribution < -0.4 is 10.6 Å². The van der Waals surface area contributed by atoms with Gasteiger partial charge in [0.25, 0.3) is 5.91 Å². The molecule has 1 saturated heterocycles. The Bertz CT molecular complexity index is 510. The van der Waals surface area contributed by atoms with Crippen LogP contribution in [0.4, 0.5) is 13.2 Å². The van der Waals surface area contributed by atoms with Gasteiger partial charge in [-0.1, -0.05) is 5.16 Å². The molecule has 2 rings (SSSR count). The fourth-order valence-corrected chi connectivity index (χ4v) is 2.53. The molecule has 1 aliphatic rings. The predicted molar refractivity (Wildman–Crippen MR) is 79.8 cm³/mol. The van der Waals surface area contributed by atoms with Gasteiger partial charge in [-0.05, 0) is 13.8 Å². The van der Waals surface area contributed by atoms with Gasteiger partial charge in [-0.25, -0.2) is 0 Å². The van der Waals surface area contributed by atoms with Gasteiger partial charge in [-0.3, -0.25) is 9.69 Å². The molecule has 0 bridgehead atoms. The smallest absolute Gasteiger partial charge is 0.361 e. The lowest BCUT2D eigenvalue weighted by molar-refractivity contribution is -0.183. The van der Waals surface area contributed by atoms with E-state index in [0.717, 1.165) is 0 Å². The van der Waals surface area contributed by atoms with Crippen LogP contribution in [0, 0.1) is 13.8 Å². The molecule has 2 N–H and O–H groups in total. The number of nitrogens with zero attached hydrogens (tertiary/aromatic N) is 2. The van der Waals surface area contributed by atoms with E-state index >= 15 is 0 Å². The van der Waals surface area contributed by atoms with Gasteiger partial charge in [0.15, 0.2) is 0 Å². The minimum absolute atomic E-state index is 0. The van der Waals surface area contributed by atoms with Gasteiger partial charge in [0, 0.05) is 32.7 Å². The maximum Gasteiger partial charge on any atom is 0.405 e. The Hall–Kier alpha value is -1.32. The van der Waals surface area contributed by atoms with Crippen LogP contribution in [0.15, 0.2) is 4.52 Å². The lowest BCUT2D eigenvalue weighted by Crippen LogP contribution is -2.57. The molecule has 6 nitrogen and oxygen atoms in total. The number of carbonyl (C=O) groups is 1. The van der Waals surface area contributed by atoms with Crippen LogP contribution in [-0.4, -0.2) is 60.9 Å². The van der Waals surface area contributed by atoms with E-state index in [1.165, 1.54) is 4.90 Å². The third-order valence-corrected chi connectivity index (χ3v) is 3.69. The van der Waals surface area contributed by atoms with Crippen LogP contribution in [-0.2, 0) is 0 Å². The van der Waals surface area contributed by atoms with Gasteiger partial charge in [0.1, 0.15) is 17.4 Å². The molecule has 1 aliphatic heterocycles. The van der Waals surface area contributed by atoms with Crippen LogP contribution in [0.3, 0.4) is 0 Å². The lowest BCUT2D eigenvalue weighted by atomic mass is 10.1. The number of alkyl halides is 3. The average Bonchev–Trinajstić information content (AvgIpc) is 2.78. The highest BCUT2D eigenvalue weighted by molar-refractivity contribution is 5.96. The molecule has 10 heteroatoms. The Labute approximate surface area is 138 Å². The number of amides is 1. The standard InChI is InChI=1S/C13H19F3N4O2.ClH/c1-8-11(9(2)22-19-8)12(21)18-7-10(13(14,15)16)20-5-3-17-4-6-20;/h10,17H,3-7H2,1-2H3,(H,18,21);1H. The fourth-order valence-electron chi connectivity index (χ4n) is 2.53. The highest BCUT2D eigenvalue weighted by Crippen LogP contribution is 2.25. The molecule has 1 aromatic rings. The Balaban J connectivity index is 0.00000264. The van der Waals surface area contributed by atoms with Crippen molar-refractivity contribution in [3.05, 3.63) is 17.0 Å². The molecule has 2 heterocycles. The number of aromatic nitrogens is 1.